The summed E-state index contributed by atoms with van der Waals surface area (Å²) in [7, 11) is 0. The van der Waals surface area contributed by atoms with Gasteiger partial charge in [-0.25, -0.2) is 5.43 Å². The van der Waals surface area contributed by atoms with E-state index in [-0.39, 0.29) is 11.4 Å². The smallest absolute Gasteiger partial charge is 0.307 e. The number of nitrogens with one attached hydrogen (secondary N) is 1. The van der Waals surface area contributed by atoms with E-state index in [1.807, 2.05) is 0 Å². The molecule has 0 aliphatic rings. The van der Waals surface area contributed by atoms with Crippen LogP contribution in [-0.2, 0) is 0 Å². The number of nitro groups is 1. The highest BCUT2D eigenvalue weighted by molar-refractivity contribution is 5.92. The highest BCUT2D eigenvalue weighted by Gasteiger charge is 2.06. The third-order valence-corrected chi connectivity index (χ3v) is 2.21. The highest BCUT2D eigenvalue weighted by Crippen LogP contribution is 2.11. The Morgan fingerprint density at radius 1 is 1.37 bits per heavy atom. The molecule has 0 aliphatic heterocycles. The lowest BCUT2D eigenvalue weighted by molar-refractivity contribution is -0.384. The number of hydrogen-bond acceptors (Lipinski definition) is 5. The number of benzene rings is 1. The van der Waals surface area contributed by atoms with Crippen molar-refractivity contribution < 1.29 is 14.1 Å². The molecule has 1 heterocycles. The zero-order valence-electron chi connectivity index (χ0n) is 9.65. The summed E-state index contributed by atoms with van der Waals surface area (Å²) in [5.41, 5.74) is 2.72. The number of nitrogens with zero attached hydrogens (tertiary/aromatic N) is 2. The lowest BCUT2D eigenvalue weighted by atomic mass is 10.2. The van der Waals surface area contributed by atoms with Crippen molar-refractivity contribution in [2.24, 2.45) is 5.10 Å². The molecule has 1 amide bonds. The van der Waals surface area contributed by atoms with E-state index in [0.29, 0.717) is 5.56 Å². The van der Waals surface area contributed by atoms with Crippen LogP contribution < -0.4 is 5.43 Å². The van der Waals surface area contributed by atoms with Crippen molar-refractivity contribution >= 4 is 17.8 Å². The minimum Gasteiger partial charge on any atom is -0.459 e. The van der Waals surface area contributed by atoms with E-state index in [2.05, 4.69) is 10.5 Å². The van der Waals surface area contributed by atoms with Crippen LogP contribution in [0.5, 0.6) is 0 Å². The first kappa shape index (κ1) is 12.5. The van der Waals surface area contributed by atoms with E-state index >= 15 is 0 Å². The Morgan fingerprint density at radius 3 is 2.89 bits per heavy atom. The van der Waals surface area contributed by atoms with Crippen LogP contribution in [0.3, 0.4) is 0 Å². The Bertz CT molecular complexity index is 620. The Balaban J connectivity index is 2.01. The van der Waals surface area contributed by atoms with Gasteiger partial charge in [-0.05, 0) is 12.1 Å². The normalized spacial score (nSPS) is 10.5. The van der Waals surface area contributed by atoms with Crippen molar-refractivity contribution in [3.63, 3.8) is 0 Å². The maximum atomic E-state index is 11.4. The Labute approximate surface area is 107 Å². The second kappa shape index (κ2) is 5.58. The summed E-state index contributed by atoms with van der Waals surface area (Å²) in [6.45, 7) is 0. The number of non-ortho nitro benzene ring substituents is 1. The fourth-order valence-corrected chi connectivity index (χ4v) is 1.35. The van der Waals surface area contributed by atoms with Gasteiger partial charge in [-0.3, -0.25) is 14.9 Å². The second-order valence-electron chi connectivity index (χ2n) is 3.53. The topological polar surface area (TPSA) is 97.7 Å². The molecule has 7 nitrogen and oxygen atoms in total. The maximum Gasteiger partial charge on any atom is 0.307 e. The van der Waals surface area contributed by atoms with Crippen LogP contribution in [0.15, 0.2) is 52.2 Å². The third-order valence-electron chi connectivity index (χ3n) is 2.21. The van der Waals surface area contributed by atoms with E-state index < -0.39 is 10.8 Å². The van der Waals surface area contributed by atoms with Gasteiger partial charge in [-0.1, -0.05) is 12.1 Å². The van der Waals surface area contributed by atoms with Gasteiger partial charge >= 0.3 is 5.91 Å². The minimum absolute atomic E-state index is 0.0405. The quantitative estimate of drug-likeness (QED) is 0.515. The Kier molecular flexibility index (Phi) is 3.67. The van der Waals surface area contributed by atoms with Gasteiger partial charge in [0.1, 0.15) is 0 Å². The molecule has 1 N–H and O–H groups in total. The summed E-state index contributed by atoms with van der Waals surface area (Å²) < 4.78 is 4.87. The van der Waals surface area contributed by atoms with Crippen molar-refractivity contribution in [1.82, 2.24) is 5.43 Å². The summed E-state index contributed by atoms with van der Waals surface area (Å²) in [4.78, 5) is 21.5. The van der Waals surface area contributed by atoms with Crippen LogP contribution in [0.4, 0.5) is 5.69 Å². The number of carbonyl (C=O) groups excluding carboxylic acids is 1. The minimum atomic E-state index is -0.501. The SMILES string of the molecule is O=C(N/N=C\c1cccc([N+](=O)[O-])c1)c1ccco1. The van der Waals surface area contributed by atoms with Crippen molar-refractivity contribution in [2.75, 3.05) is 0 Å². The van der Waals surface area contributed by atoms with Crippen molar-refractivity contribution in [3.8, 4) is 0 Å². The third kappa shape index (κ3) is 3.25. The summed E-state index contributed by atoms with van der Waals surface area (Å²) in [5.74, 6) is -0.358. The average molecular weight is 259 g/mol. The van der Waals surface area contributed by atoms with Crippen LogP contribution in [-0.4, -0.2) is 17.0 Å². The number of hydrogen-bond donors (Lipinski definition) is 1. The molecule has 0 radical (unpaired) electrons. The van der Waals surface area contributed by atoms with E-state index in [1.165, 1.54) is 36.7 Å². The number of carbonyl (C=O) groups is 1. The molecule has 0 aliphatic carbocycles. The molecule has 2 rings (SSSR count). The van der Waals surface area contributed by atoms with Crippen LogP contribution in [0.1, 0.15) is 16.1 Å². The first-order chi connectivity index (χ1) is 9.16. The monoisotopic (exact) mass is 259 g/mol. The highest BCUT2D eigenvalue weighted by atomic mass is 16.6. The zero-order chi connectivity index (χ0) is 13.7. The summed E-state index contributed by atoms with van der Waals surface area (Å²) in [5, 5.41) is 14.3. The van der Waals surface area contributed by atoms with Crippen LogP contribution in [0, 0.1) is 10.1 Å². The molecule has 7 heteroatoms. The predicted molar refractivity (Wildman–Crippen MR) is 66.9 cm³/mol. The van der Waals surface area contributed by atoms with Crippen molar-refractivity contribution in [1.29, 1.82) is 0 Å². The molecule has 96 valence electrons. The Morgan fingerprint density at radius 2 is 2.21 bits per heavy atom. The number of amides is 1. The first-order valence-electron chi connectivity index (χ1n) is 5.28. The van der Waals surface area contributed by atoms with Gasteiger partial charge < -0.3 is 4.42 Å². The summed E-state index contributed by atoms with van der Waals surface area (Å²) in [6, 6.07) is 8.97. The maximum absolute atomic E-state index is 11.4. The number of hydrazone groups is 1. The molecule has 19 heavy (non-hydrogen) atoms. The first-order valence-corrected chi connectivity index (χ1v) is 5.28. The molecule has 0 fully saturated rings. The number of furan rings is 1. The molecule has 0 bridgehead atoms. The number of rotatable bonds is 4. The van der Waals surface area contributed by atoms with Gasteiger partial charge in [0.25, 0.3) is 5.69 Å². The zero-order valence-corrected chi connectivity index (χ0v) is 9.65. The molecule has 0 unspecified atom stereocenters. The number of nitro benzene ring substituents is 1. The van der Waals surface area contributed by atoms with Gasteiger partial charge in [0.2, 0.25) is 0 Å². The van der Waals surface area contributed by atoms with E-state index in [1.54, 1.807) is 12.1 Å². The standard InChI is InChI=1S/C12H9N3O4/c16-12(11-5-2-6-19-11)14-13-8-9-3-1-4-10(7-9)15(17)18/h1-8H,(H,14,16)/b13-8-. The van der Waals surface area contributed by atoms with Gasteiger partial charge in [0, 0.05) is 17.7 Å². The molecule has 1 aromatic heterocycles. The van der Waals surface area contributed by atoms with E-state index in [4.69, 9.17) is 4.42 Å². The van der Waals surface area contributed by atoms with E-state index in [0.717, 1.165) is 0 Å². The van der Waals surface area contributed by atoms with Gasteiger partial charge in [-0.15, -0.1) is 0 Å². The van der Waals surface area contributed by atoms with Crippen LogP contribution in [0.2, 0.25) is 0 Å². The van der Waals surface area contributed by atoms with Crippen molar-refractivity contribution in [2.45, 2.75) is 0 Å². The molecular weight excluding hydrogens is 250 g/mol. The molecule has 0 spiro atoms. The second-order valence-corrected chi connectivity index (χ2v) is 3.53. The molecule has 2 aromatic rings. The molecule has 1 aromatic carbocycles. The molecular formula is C12H9N3O4. The average Bonchev–Trinajstić information content (AvgIpc) is 2.93. The summed E-state index contributed by atoms with van der Waals surface area (Å²) >= 11 is 0. The lowest BCUT2D eigenvalue weighted by Gasteiger charge is -1.96. The predicted octanol–water partition coefficient (Wildman–Crippen LogP) is 1.95. The van der Waals surface area contributed by atoms with E-state index in [9.17, 15) is 14.9 Å². The fourth-order valence-electron chi connectivity index (χ4n) is 1.35. The largest absolute Gasteiger partial charge is 0.459 e. The van der Waals surface area contributed by atoms with Gasteiger partial charge in [0.05, 0.1) is 17.4 Å². The fraction of sp³-hybridized carbons (Fsp3) is 0. The Hall–Kier alpha value is -2.96. The van der Waals surface area contributed by atoms with Crippen LogP contribution >= 0.6 is 0 Å². The van der Waals surface area contributed by atoms with Crippen LogP contribution in [0.25, 0.3) is 0 Å². The lowest BCUT2D eigenvalue weighted by Crippen LogP contribution is -2.16. The molecule has 0 saturated carbocycles. The molecule has 0 atom stereocenters. The van der Waals surface area contributed by atoms with Gasteiger partial charge in [-0.2, -0.15) is 5.10 Å². The summed E-state index contributed by atoms with van der Waals surface area (Å²) in [6.07, 6.45) is 2.69. The van der Waals surface area contributed by atoms with Crippen molar-refractivity contribution in [3.05, 3.63) is 64.1 Å². The molecule has 0 saturated heterocycles. The van der Waals surface area contributed by atoms with Gasteiger partial charge in [0.15, 0.2) is 5.76 Å².